The molecule has 1 fully saturated rings. The number of nitrogens with zero attached hydrogens (tertiary/aromatic N) is 2. The summed E-state index contributed by atoms with van der Waals surface area (Å²) in [5.74, 6) is 0.735. The van der Waals surface area contributed by atoms with Crippen molar-refractivity contribution in [3.8, 4) is 11.5 Å². The topological polar surface area (TPSA) is 105 Å². The van der Waals surface area contributed by atoms with E-state index in [0.29, 0.717) is 17.2 Å². The van der Waals surface area contributed by atoms with Crippen LogP contribution in [-0.4, -0.2) is 52.6 Å². The molecule has 4 rings (SSSR count). The van der Waals surface area contributed by atoms with Crippen molar-refractivity contribution in [1.82, 2.24) is 9.62 Å². The van der Waals surface area contributed by atoms with Gasteiger partial charge in [0.1, 0.15) is 0 Å². The predicted octanol–water partition coefficient (Wildman–Crippen LogP) is 1.65. The third-order valence-electron chi connectivity index (χ3n) is 5.33. The van der Waals surface area contributed by atoms with Crippen molar-refractivity contribution >= 4 is 27.5 Å². The van der Waals surface area contributed by atoms with Crippen molar-refractivity contribution in [2.24, 2.45) is 0 Å². The van der Waals surface area contributed by atoms with Gasteiger partial charge in [-0.15, -0.1) is 0 Å². The van der Waals surface area contributed by atoms with E-state index in [1.807, 2.05) is 37.2 Å². The molecule has 164 valence electrons. The highest BCUT2D eigenvalue weighted by Gasteiger charge is 2.30. The highest BCUT2D eigenvalue weighted by atomic mass is 32.2. The number of sulfonamides is 1. The molecule has 0 spiro atoms. The number of carbonyl (C=O) groups excluding carboxylic acids is 2. The van der Waals surface area contributed by atoms with E-state index < -0.39 is 10.0 Å². The first kappa shape index (κ1) is 21.3. The number of hydrogen-bond donors (Lipinski definition) is 1. The second kappa shape index (κ2) is 8.29. The molecule has 0 bridgehead atoms. The summed E-state index contributed by atoms with van der Waals surface area (Å²) in [5, 5.41) is 0. The lowest BCUT2D eigenvalue weighted by Crippen LogP contribution is -2.34. The first-order chi connectivity index (χ1) is 14.8. The number of benzene rings is 2. The van der Waals surface area contributed by atoms with Crippen molar-refractivity contribution in [2.45, 2.75) is 23.8 Å². The lowest BCUT2D eigenvalue weighted by Gasteiger charge is -2.25. The van der Waals surface area contributed by atoms with Crippen LogP contribution in [-0.2, 0) is 19.6 Å². The number of ether oxygens (including phenoxy) is 2. The molecule has 2 aromatic carbocycles. The number of nitrogens with one attached hydrogen (secondary N) is 1. The molecule has 10 heteroatoms. The minimum Gasteiger partial charge on any atom is -0.454 e. The van der Waals surface area contributed by atoms with E-state index in [1.54, 1.807) is 0 Å². The molecule has 2 heterocycles. The predicted molar refractivity (Wildman–Crippen MR) is 112 cm³/mol. The number of imide groups is 1. The van der Waals surface area contributed by atoms with E-state index >= 15 is 0 Å². The van der Waals surface area contributed by atoms with Gasteiger partial charge < -0.3 is 14.4 Å². The average Bonchev–Trinajstić information content (AvgIpc) is 3.33. The van der Waals surface area contributed by atoms with Crippen LogP contribution in [0.25, 0.3) is 0 Å². The van der Waals surface area contributed by atoms with Crippen molar-refractivity contribution in [2.75, 3.05) is 32.3 Å². The minimum atomic E-state index is -3.80. The molecular weight excluding hydrogens is 422 g/mol. The highest BCUT2D eigenvalue weighted by molar-refractivity contribution is 7.89. The maximum Gasteiger partial charge on any atom is 0.240 e. The van der Waals surface area contributed by atoms with Gasteiger partial charge >= 0.3 is 0 Å². The second-order valence-corrected chi connectivity index (χ2v) is 9.33. The molecule has 0 aromatic heterocycles. The lowest BCUT2D eigenvalue weighted by atomic mass is 10.1. The summed E-state index contributed by atoms with van der Waals surface area (Å²) in [7, 11) is -0.0697. The summed E-state index contributed by atoms with van der Waals surface area (Å²) in [6, 6.07) is 11.0. The molecular formula is C21H23N3O6S. The Morgan fingerprint density at radius 1 is 1.00 bits per heavy atom. The summed E-state index contributed by atoms with van der Waals surface area (Å²) < 4.78 is 39.0. The van der Waals surface area contributed by atoms with Crippen LogP contribution in [0.4, 0.5) is 5.69 Å². The molecule has 0 saturated carbocycles. The molecule has 2 amide bonds. The van der Waals surface area contributed by atoms with Gasteiger partial charge in [0.25, 0.3) is 0 Å². The van der Waals surface area contributed by atoms with Crippen LogP contribution < -0.4 is 19.1 Å². The third kappa shape index (κ3) is 4.27. The largest absolute Gasteiger partial charge is 0.454 e. The van der Waals surface area contributed by atoms with Gasteiger partial charge in [-0.1, -0.05) is 6.07 Å². The van der Waals surface area contributed by atoms with Crippen molar-refractivity contribution in [1.29, 1.82) is 0 Å². The van der Waals surface area contributed by atoms with Gasteiger partial charge in [-0.25, -0.2) is 13.1 Å². The van der Waals surface area contributed by atoms with E-state index in [9.17, 15) is 18.0 Å². The van der Waals surface area contributed by atoms with E-state index in [1.165, 1.54) is 24.3 Å². The summed E-state index contributed by atoms with van der Waals surface area (Å²) >= 11 is 0. The minimum absolute atomic E-state index is 0.0542. The molecule has 0 aliphatic carbocycles. The SMILES string of the molecule is CN(C)[C@@H](CNS(=O)(=O)c1ccc(N2C(=O)CCC2=O)cc1)c1ccc2c(c1)OCO2. The third-order valence-corrected chi connectivity index (χ3v) is 6.77. The fraction of sp³-hybridized carbons (Fsp3) is 0.333. The van der Waals surface area contributed by atoms with E-state index in [2.05, 4.69) is 4.72 Å². The molecule has 2 aliphatic rings. The summed E-state index contributed by atoms with van der Waals surface area (Å²) in [6.07, 6.45) is 0.346. The molecule has 0 radical (unpaired) electrons. The Morgan fingerprint density at radius 2 is 1.65 bits per heavy atom. The number of fused-ring (bicyclic) bond motifs is 1. The zero-order valence-electron chi connectivity index (χ0n) is 17.2. The van der Waals surface area contributed by atoms with Crippen LogP contribution in [0.2, 0.25) is 0 Å². The standard InChI is InChI=1S/C21H23N3O6S/c1-23(2)17(14-3-8-18-19(11-14)30-13-29-18)12-22-31(27,28)16-6-4-15(5-7-16)24-20(25)9-10-21(24)26/h3-8,11,17,22H,9-10,12-13H2,1-2H3/t17-/m0/s1. The molecule has 9 nitrogen and oxygen atoms in total. The zero-order chi connectivity index (χ0) is 22.2. The number of carbonyl (C=O) groups is 2. The first-order valence-electron chi connectivity index (χ1n) is 9.78. The van der Waals surface area contributed by atoms with E-state index in [4.69, 9.17) is 9.47 Å². The number of anilines is 1. The monoisotopic (exact) mass is 445 g/mol. The average molecular weight is 445 g/mol. The molecule has 1 saturated heterocycles. The summed E-state index contributed by atoms with van der Waals surface area (Å²) in [5.41, 5.74) is 1.26. The van der Waals surface area contributed by atoms with Crippen LogP contribution >= 0.6 is 0 Å². The second-order valence-electron chi connectivity index (χ2n) is 7.56. The Labute approximate surface area is 180 Å². The van der Waals surface area contributed by atoms with Gasteiger partial charge in [-0.05, 0) is 56.1 Å². The van der Waals surface area contributed by atoms with Crippen LogP contribution in [0.15, 0.2) is 47.4 Å². The van der Waals surface area contributed by atoms with Crippen LogP contribution in [0.5, 0.6) is 11.5 Å². The molecule has 2 aliphatic heterocycles. The van der Waals surface area contributed by atoms with E-state index in [0.717, 1.165) is 10.5 Å². The van der Waals surface area contributed by atoms with Crippen molar-refractivity contribution < 1.29 is 27.5 Å². The quantitative estimate of drug-likeness (QED) is 0.646. The highest BCUT2D eigenvalue weighted by Crippen LogP contribution is 2.35. The normalized spacial score (nSPS) is 16.9. The number of rotatable bonds is 7. The fourth-order valence-corrected chi connectivity index (χ4v) is 4.67. The van der Waals surface area contributed by atoms with Crippen molar-refractivity contribution in [3.05, 3.63) is 48.0 Å². The maximum atomic E-state index is 12.8. The maximum absolute atomic E-state index is 12.8. The summed E-state index contributed by atoms with van der Waals surface area (Å²) in [6.45, 7) is 0.308. The van der Waals surface area contributed by atoms with Gasteiger partial charge in [0.05, 0.1) is 10.6 Å². The fourth-order valence-electron chi connectivity index (χ4n) is 3.63. The molecule has 2 aromatic rings. The van der Waals surface area contributed by atoms with Gasteiger partial charge in [-0.2, -0.15) is 0 Å². The Kier molecular flexibility index (Phi) is 5.69. The van der Waals surface area contributed by atoms with Crippen LogP contribution in [0.3, 0.4) is 0 Å². The molecule has 1 N–H and O–H groups in total. The summed E-state index contributed by atoms with van der Waals surface area (Å²) in [4.78, 5) is 26.8. The van der Waals surface area contributed by atoms with Crippen LogP contribution in [0.1, 0.15) is 24.4 Å². The number of likely N-dealkylation sites (N-methyl/N-ethyl adjacent to an activating group) is 1. The number of amides is 2. The Morgan fingerprint density at radius 3 is 2.29 bits per heavy atom. The smallest absolute Gasteiger partial charge is 0.240 e. The zero-order valence-corrected chi connectivity index (χ0v) is 18.0. The Bertz CT molecular complexity index is 1100. The Hall–Kier alpha value is -2.95. The van der Waals surface area contributed by atoms with Crippen LogP contribution in [0, 0.1) is 0 Å². The van der Waals surface area contributed by atoms with Gasteiger partial charge in [0, 0.05) is 25.4 Å². The molecule has 31 heavy (non-hydrogen) atoms. The van der Waals surface area contributed by atoms with Gasteiger partial charge in [0.2, 0.25) is 28.6 Å². The molecule has 1 atom stereocenters. The van der Waals surface area contributed by atoms with Crippen molar-refractivity contribution in [3.63, 3.8) is 0 Å². The Balaban J connectivity index is 1.48. The molecule has 0 unspecified atom stereocenters. The lowest BCUT2D eigenvalue weighted by molar-refractivity contribution is -0.121. The van der Waals surface area contributed by atoms with E-state index in [-0.39, 0.29) is 48.9 Å². The van der Waals surface area contributed by atoms with Gasteiger partial charge in [-0.3, -0.25) is 14.5 Å². The number of hydrogen-bond acceptors (Lipinski definition) is 7. The van der Waals surface area contributed by atoms with Gasteiger partial charge in [0.15, 0.2) is 11.5 Å². The first-order valence-corrected chi connectivity index (χ1v) is 11.3.